The number of anilines is 1. The highest BCUT2D eigenvalue weighted by molar-refractivity contribution is 7.17. The minimum absolute atomic E-state index is 0.125. The van der Waals surface area contributed by atoms with Gasteiger partial charge in [-0.05, 0) is 73.6 Å². The van der Waals surface area contributed by atoms with Crippen molar-refractivity contribution in [1.82, 2.24) is 9.97 Å². The van der Waals surface area contributed by atoms with Crippen LogP contribution in [-0.4, -0.2) is 28.2 Å². The minimum atomic E-state index is -0.125. The van der Waals surface area contributed by atoms with Crippen LogP contribution in [0.5, 0.6) is 0 Å². The summed E-state index contributed by atoms with van der Waals surface area (Å²) in [6.45, 7) is 2.52. The summed E-state index contributed by atoms with van der Waals surface area (Å²) in [6, 6.07) is 17.6. The smallest absolute Gasteiger partial charge is 0.276 e. The van der Waals surface area contributed by atoms with Gasteiger partial charge in [0, 0.05) is 41.4 Å². The predicted molar refractivity (Wildman–Crippen MR) is 139 cm³/mol. The fourth-order valence-corrected chi connectivity index (χ4v) is 5.87. The maximum atomic E-state index is 13.7. The van der Waals surface area contributed by atoms with E-state index in [0.717, 1.165) is 43.4 Å². The molecule has 0 saturated heterocycles. The van der Waals surface area contributed by atoms with E-state index in [1.54, 1.807) is 29.8 Å². The first-order valence-corrected chi connectivity index (χ1v) is 12.8. The second-order valence-corrected chi connectivity index (χ2v) is 10.5. The number of nitrogens with zero attached hydrogens (tertiary/aromatic N) is 3. The second-order valence-electron chi connectivity index (χ2n) is 9.42. The molecule has 2 aliphatic rings. The van der Waals surface area contributed by atoms with Crippen molar-refractivity contribution in [3.05, 3.63) is 88.7 Å². The molecule has 35 heavy (non-hydrogen) atoms. The predicted octanol–water partition coefficient (Wildman–Crippen LogP) is 6.37. The first-order chi connectivity index (χ1) is 17.1. The van der Waals surface area contributed by atoms with Gasteiger partial charge < -0.3 is 4.90 Å². The Labute approximate surface area is 208 Å². The molecule has 174 valence electrons. The molecular weight excluding hydrogens is 454 g/mol. The number of ketones is 1. The number of hydrogen-bond donors (Lipinski definition) is 0. The van der Waals surface area contributed by atoms with Gasteiger partial charge >= 0.3 is 0 Å². The minimum Gasteiger partial charge on any atom is -0.306 e. The summed E-state index contributed by atoms with van der Waals surface area (Å²) >= 11 is 1.57. The summed E-state index contributed by atoms with van der Waals surface area (Å²) in [6.07, 6.45) is 7.27. The average molecular weight is 480 g/mol. The van der Waals surface area contributed by atoms with Crippen molar-refractivity contribution in [2.75, 3.05) is 11.4 Å². The molecule has 1 aliphatic heterocycles. The van der Waals surface area contributed by atoms with Crippen molar-refractivity contribution in [3.63, 3.8) is 0 Å². The lowest BCUT2D eigenvalue weighted by atomic mass is 10.1. The fraction of sp³-hybridized carbons (Fsp3) is 0.241. The van der Waals surface area contributed by atoms with Crippen LogP contribution in [0.1, 0.15) is 50.5 Å². The van der Waals surface area contributed by atoms with Gasteiger partial charge in [0.15, 0.2) is 5.78 Å². The van der Waals surface area contributed by atoms with Gasteiger partial charge in [-0.2, -0.15) is 0 Å². The zero-order chi connectivity index (χ0) is 23.9. The molecule has 5 nitrogen and oxygen atoms in total. The van der Waals surface area contributed by atoms with E-state index in [0.29, 0.717) is 31.0 Å². The van der Waals surface area contributed by atoms with E-state index in [1.807, 2.05) is 54.3 Å². The number of thiophene rings is 1. The van der Waals surface area contributed by atoms with Gasteiger partial charge in [-0.3, -0.25) is 14.6 Å². The van der Waals surface area contributed by atoms with Crippen LogP contribution in [0.15, 0.2) is 67.0 Å². The standard InChI is InChI=1S/C29H25N3O2S/c1-18-13-21(17-30-16-18)23-6-4-7-24(31-23)29(34)32-12-11-20-15-27(26(33)14-19-9-10-19)35-28(20)22-5-2-3-8-25(22)32/h2-8,13,15-17,19H,9-12,14H2,1H3. The Morgan fingerprint density at radius 2 is 1.91 bits per heavy atom. The van der Waals surface area contributed by atoms with Gasteiger partial charge in [-0.15, -0.1) is 11.3 Å². The maximum Gasteiger partial charge on any atom is 0.276 e. The van der Waals surface area contributed by atoms with E-state index in [4.69, 9.17) is 4.98 Å². The normalized spacial score (nSPS) is 14.7. The molecule has 6 rings (SSSR count). The maximum absolute atomic E-state index is 13.7. The summed E-state index contributed by atoms with van der Waals surface area (Å²) in [5.41, 5.74) is 6.08. The molecule has 1 saturated carbocycles. The molecule has 0 radical (unpaired) electrons. The van der Waals surface area contributed by atoms with Gasteiger partial charge in [0.05, 0.1) is 16.3 Å². The van der Waals surface area contributed by atoms with Crippen molar-refractivity contribution >= 4 is 28.7 Å². The van der Waals surface area contributed by atoms with Gasteiger partial charge in [-0.1, -0.05) is 24.3 Å². The number of Topliss-reactive ketones (excluding diaryl/α,β-unsaturated/α-hetero) is 1. The molecule has 1 amide bonds. The largest absolute Gasteiger partial charge is 0.306 e. The van der Waals surface area contributed by atoms with E-state index in [-0.39, 0.29) is 11.7 Å². The van der Waals surface area contributed by atoms with Gasteiger partial charge in [0.25, 0.3) is 5.91 Å². The van der Waals surface area contributed by atoms with Crippen LogP contribution in [0.4, 0.5) is 5.69 Å². The monoisotopic (exact) mass is 479 g/mol. The Balaban J connectivity index is 1.34. The van der Waals surface area contributed by atoms with Crippen LogP contribution >= 0.6 is 11.3 Å². The fourth-order valence-electron chi connectivity index (χ4n) is 4.68. The number of amides is 1. The molecule has 1 fully saturated rings. The van der Waals surface area contributed by atoms with Crippen LogP contribution in [-0.2, 0) is 6.42 Å². The summed E-state index contributed by atoms with van der Waals surface area (Å²) in [4.78, 5) is 39.2. The Morgan fingerprint density at radius 3 is 2.74 bits per heavy atom. The third-order valence-electron chi connectivity index (χ3n) is 6.68. The number of para-hydroxylation sites is 1. The highest BCUT2D eigenvalue weighted by atomic mass is 32.1. The molecule has 6 heteroatoms. The summed E-state index contributed by atoms with van der Waals surface area (Å²) in [5.74, 6) is 0.700. The topological polar surface area (TPSA) is 63.2 Å². The van der Waals surface area contributed by atoms with Crippen LogP contribution < -0.4 is 4.90 Å². The lowest BCUT2D eigenvalue weighted by Crippen LogP contribution is -2.33. The van der Waals surface area contributed by atoms with E-state index >= 15 is 0 Å². The molecule has 1 aromatic carbocycles. The Bertz CT molecular complexity index is 1450. The van der Waals surface area contributed by atoms with E-state index in [2.05, 4.69) is 11.1 Å². The van der Waals surface area contributed by atoms with Gasteiger partial charge in [0.2, 0.25) is 0 Å². The van der Waals surface area contributed by atoms with Crippen LogP contribution in [0.3, 0.4) is 0 Å². The van der Waals surface area contributed by atoms with Crippen LogP contribution in [0, 0.1) is 12.8 Å². The number of rotatable bonds is 5. The van der Waals surface area contributed by atoms with Crippen molar-refractivity contribution in [3.8, 4) is 21.7 Å². The molecule has 4 heterocycles. The molecule has 0 bridgehead atoms. The highest BCUT2D eigenvalue weighted by Crippen LogP contribution is 2.43. The summed E-state index contributed by atoms with van der Waals surface area (Å²) < 4.78 is 0. The lowest BCUT2D eigenvalue weighted by Gasteiger charge is -2.23. The van der Waals surface area contributed by atoms with Gasteiger partial charge in [0.1, 0.15) is 5.69 Å². The van der Waals surface area contributed by atoms with Crippen molar-refractivity contribution in [2.45, 2.75) is 32.6 Å². The van der Waals surface area contributed by atoms with Crippen molar-refractivity contribution < 1.29 is 9.59 Å². The number of carbonyl (C=O) groups excluding carboxylic acids is 2. The first kappa shape index (κ1) is 21.9. The molecule has 0 atom stereocenters. The third kappa shape index (κ3) is 4.30. The lowest BCUT2D eigenvalue weighted by molar-refractivity contribution is 0.0972. The second kappa shape index (κ2) is 8.86. The zero-order valence-corrected chi connectivity index (χ0v) is 20.3. The van der Waals surface area contributed by atoms with E-state index in [9.17, 15) is 9.59 Å². The quantitative estimate of drug-likeness (QED) is 0.312. The first-order valence-electron chi connectivity index (χ1n) is 12.0. The number of pyridine rings is 2. The Morgan fingerprint density at radius 1 is 1.06 bits per heavy atom. The SMILES string of the molecule is Cc1cncc(-c2cccc(C(=O)N3CCc4cc(C(=O)CC5CC5)sc4-c4ccccc43)n2)c1. The van der Waals surface area contributed by atoms with E-state index < -0.39 is 0 Å². The number of benzene rings is 1. The average Bonchev–Trinajstić information content (AvgIpc) is 3.62. The molecular formula is C29H25N3O2S. The number of aromatic nitrogens is 2. The van der Waals surface area contributed by atoms with Crippen molar-refractivity contribution in [2.24, 2.45) is 5.92 Å². The molecule has 0 N–H and O–H groups in total. The summed E-state index contributed by atoms with van der Waals surface area (Å²) in [5, 5.41) is 0. The Kier molecular flexibility index (Phi) is 5.53. The summed E-state index contributed by atoms with van der Waals surface area (Å²) in [7, 11) is 0. The molecule has 3 aromatic heterocycles. The number of aryl methyl sites for hydroxylation is 1. The third-order valence-corrected chi connectivity index (χ3v) is 7.93. The van der Waals surface area contributed by atoms with Crippen LogP contribution in [0.25, 0.3) is 21.7 Å². The van der Waals surface area contributed by atoms with Crippen molar-refractivity contribution in [1.29, 1.82) is 0 Å². The molecule has 1 aliphatic carbocycles. The number of hydrogen-bond acceptors (Lipinski definition) is 5. The molecule has 4 aromatic rings. The van der Waals surface area contributed by atoms with E-state index in [1.165, 1.54) is 12.8 Å². The zero-order valence-electron chi connectivity index (χ0n) is 19.5. The molecule has 0 unspecified atom stereocenters. The highest BCUT2D eigenvalue weighted by Gasteiger charge is 2.30. The van der Waals surface area contributed by atoms with Gasteiger partial charge in [-0.25, -0.2) is 4.98 Å². The number of carbonyl (C=O) groups is 2. The Hall–Kier alpha value is -3.64. The van der Waals surface area contributed by atoms with Crippen LogP contribution in [0.2, 0.25) is 0 Å². The molecule has 0 spiro atoms. The number of fused-ring (bicyclic) bond motifs is 3.